The van der Waals surface area contributed by atoms with Gasteiger partial charge in [0.1, 0.15) is 5.76 Å². The van der Waals surface area contributed by atoms with Crippen LogP contribution in [0.1, 0.15) is 11.5 Å². The largest absolute Gasteiger partial charge is 0.481 e. The summed E-state index contributed by atoms with van der Waals surface area (Å²) < 4.78 is 23.8. The Morgan fingerprint density at radius 2 is 1.88 bits per heavy atom. The fourth-order valence-electron chi connectivity index (χ4n) is 2.52. The maximum absolute atomic E-state index is 13.4. The Morgan fingerprint density at radius 3 is 2.52 bits per heavy atom. The molecule has 0 aliphatic heterocycles. The first-order valence-electron chi connectivity index (χ1n) is 7.75. The lowest BCUT2D eigenvalue weighted by Gasteiger charge is -2.09. The standard InChI is InChI=1S/C19H17FN2O3/c1-12-19(13(2)25-22-12)14-7-9-15(10-8-14)21-18(23)11-24-17-6-4-3-5-16(17)20/h3-10H,11H2,1-2H3,(H,21,23). The summed E-state index contributed by atoms with van der Waals surface area (Å²) in [6.45, 7) is 3.46. The number of nitrogens with one attached hydrogen (secondary N) is 1. The van der Waals surface area contributed by atoms with Crippen LogP contribution in [0.2, 0.25) is 0 Å². The summed E-state index contributed by atoms with van der Waals surface area (Å²) in [5, 5.41) is 6.64. The number of rotatable bonds is 5. The molecule has 0 radical (unpaired) electrons. The van der Waals surface area contributed by atoms with Crippen LogP contribution in [0.4, 0.5) is 10.1 Å². The van der Waals surface area contributed by atoms with Gasteiger partial charge >= 0.3 is 0 Å². The summed E-state index contributed by atoms with van der Waals surface area (Å²) in [6.07, 6.45) is 0. The molecule has 5 nitrogen and oxygen atoms in total. The molecule has 25 heavy (non-hydrogen) atoms. The maximum atomic E-state index is 13.4. The number of benzene rings is 2. The predicted octanol–water partition coefficient (Wildman–Crippen LogP) is 4.12. The molecule has 1 N–H and O–H groups in total. The molecule has 0 saturated carbocycles. The molecule has 1 aromatic heterocycles. The molecular formula is C19H17FN2O3. The Bertz CT molecular complexity index is 868. The minimum absolute atomic E-state index is 0.0476. The highest BCUT2D eigenvalue weighted by molar-refractivity contribution is 5.92. The van der Waals surface area contributed by atoms with E-state index in [-0.39, 0.29) is 18.3 Å². The number of para-hydroxylation sites is 1. The van der Waals surface area contributed by atoms with Crippen LogP contribution in [-0.4, -0.2) is 17.7 Å². The van der Waals surface area contributed by atoms with Crippen LogP contribution in [-0.2, 0) is 4.79 Å². The van der Waals surface area contributed by atoms with Gasteiger partial charge in [-0.2, -0.15) is 0 Å². The second-order valence-corrected chi connectivity index (χ2v) is 5.54. The molecule has 6 heteroatoms. The molecule has 0 aliphatic rings. The molecule has 0 bridgehead atoms. The lowest BCUT2D eigenvalue weighted by Crippen LogP contribution is -2.20. The van der Waals surface area contributed by atoms with Crippen molar-refractivity contribution in [2.45, 2.75) is 13.8 Å². The quantitative estimate of drug-likeness (QED) is 0.759. The van der Waals surface area contributed by atoms with E-state index >= 15 is 0 Å². The molecule has 0 saturated heterocycles. The number of aromatic nitrogens is 1. The van der Waals surface area contributed by atoms with Gasteiger partial charge in [0.2, 0.25) is 0 Å². The number of aryl methyl sites for hydroxylation is 2. The molecule has 128 valence electrons. The van der Waals surface area contributed by atoms with E-state index in [0.29, 0.717) is 5.69 Å². The van der Waals surface area contributed by atoms with Crippen molar-refractivity contribution in [2.24, 2.45) is 0 Å². The second kappa shape index (κ2) is 7.17. The lowest BCUT2D eigenvalue weighted by atomic mass is 10.0. The Hall–Kier alpha value is -3.15. The monoisotopic (exact) mass is 340 g/mol. The average molecular weight is 340 g/mol. The van der Waals surface area contributed by atoms with Gasteiger partial charge in [-0.25, -0.2) is 4.39 Å². The molecule has 3 aromatic rings. The molecule has 1 amide bonds. The predicted molar refractivity (Wildman–Crippen MR) is 91.9 cm³/mol. The molecule has 0 fully saturated rings. The number of halogens is 1. The van der Waals surface area contributed by atoms with Crippen molar-refractivity contribution in [2.75, 3.05) is 11.9 Å². The SMILES string of the molecule is Cc1noc(C)c1-c1ccc(NC(=O)COc2ccccc2F)cc1. The van der Waals surface area contributed by atoms with Crippen molar-refractivity contribution in [3.8, 4) is 16.9 Å². The highest BCUT2D eigenvalue weighted by atomic mass is 19.1. The molecule has 1 heterocycles. The fourth-order valence-corrected chi connectivity index (χ4v) is 2.52. The van der Waals surface area contributed by atoms with Gasteiger partial charge < -0.3 is 14.6 Å². The van der Waals surface area contributed by atoms with E-state index in [0.717, 1.165) is 22.6 Å². The van der Waals surface area contributed by atoms with Crippen LogP contribution in [0.25, 0.3) is 11.1 Å². The Labute approximate surface area is 144 Å². The topological polar surface area (TPSA) is 64.4 Å². The van der Waals surface area contributed by atoms with Crippen molar-refractivity contribution in [1.82, 2.24) is 5.16 Å². The number of carbonyl (C=O) groups excluding carboxylic acids is 1. The number of nitrogens with zero attached hydrogens (tertiary/aromatic N) is 1. The number of hydrogen-bond donors (Lipinski definition) is 1. The summed E-state index contributed by atoms with van der Waals surface area (Å²) >= 11 is 0. The molecular weight excluding hydrogens is 323 g/mol. The Kier molecular flexibility index (Phi) is 4.79. The number of ether oxygens (including phenoxy) is 1. The van der Waals surface area contributed by atoms with Gasteiger partial charge in [0.05, 0.1) is 5.69 Å². The zero-order chi connectivity index (χ0) is 17.8. The normalized spacial score (nSPS) is 10.5. The lowest BCUT2D eigenvalue weighted by molar-refractivity contribution is -0.118. The Balaban J connectivity index is 1.62. The molecule has 0 spiro atoms. The number of hydrogen-bond acceptors (Lipinski definition) is 4. The zero-order valence-electron chi connectivity index (χ0n) is 13.9. The third-order valence-electron chi connectivity index (χ3n) is 3.69. The minimum atomic E-state index is -0.501. The van der Waals surface area contributed by atoms with Crippen LogP contribution in [0, 0.1) is 19.7 Å². The van der Waals surface area contributed by atoms with Gasteiger partial charge in [0.25, 0.3) is 5.91 Å². The van der Waals surface area contributed by atoms with Gasteiger partial charge in [-0.05, 0) is 43.7 Å². The van der Waals surface area contributed by atoms with E-state index in [1.54, 1.807) is 24.3 Å². The maximum Gasteiger partial charge on any atom is 0.262 e. The smallest absolute Gasteiger partial charge is 0.262 e. The fraction of sp³-hybridized carbons (Fsp3) is 0.158. The van der Waals surface area contributed by atoms with E-state index in [4.69, 9.17) is 9.26 Å². The number of amides is 1. The number of carbonyl (C=O) groups is 1. The summed E-state index contributed by atoms with van der Waals surface area (Å²) in [5.74, 6) is -0.0774. The van der Waals surface area contributed by atoms with Crippen LogP contribution in [0.5, 0.6) is 5.75 Å². The van der Waals surface area contributed by atoms with Gasteiger partial charge in [-0.15, -0.1) is 0 Å². The van der Waals surface area contributed by atoms with Crippen molar-refractivity contribution in [1.29, 1.82) is 0 Å². The van der Waals surface area contributed by atoms with Crippen molar-refractivity contribution in [3.05, 3.63) is 65.8 Å². The molecule has 0 atom stereocenters. The van der Waals surface area contributed by atoms with E-state index in [2.05, 4.69) is 10.5 Å². The van der Waals surface area contributed by atoms with E-state index < -0.39 is 5.82 Å². The molecule has 3 rings (SSSR count). The zero-order valence-corrected chi connectivity index (χ0v) is 13.9. The number of anilines is 1. The molecule has 0 unspecified atom stereocenters. The van der Waals surface area contributed by atoms with Crippen LogP contribution < -0.4 is 10.1 Å². The molecule has 2 aromatic carbocycles. The van der Waals surface area contributed by atoms with Crippen molar-refractivity contribution in [3.63, 3.8) is 0 Å². The van der Waals surface area contributed by atoms with Gasteiger partial charge in [-0.3, -0.25) is 4.79 Å². The summed E-state index contributed by atoms with van der Waals surface area (Å²) in [4.78, 5) is 11.9. The van der Waals surface area contributed by atoms with Crippen LogP contribution in [0.15, 0.2) is 53.1 Å². The highest BCUT2D eigenvalue weighted by Crippen LogP contribution is 2.27. The van der Waals surface area contributed by atoms with E-state index in [1.807, 2.05) is 26.0 Å². The minimum Gasteiger partial charge on any atom is -0.481 e. The van der Waals surface area contributed by atoms with Crippen LogP contribution >= 0.6 is 0 Å². The summed E-state index contributed by atoms with van der Waals surface area (Å²) in [6, 6.07) is 13.3. The summed E-state index contributed by atoms with van der Waals surface area (Å²) in [7, 11) is 0. The second-order valence-electron chi connectivity index (χ2n) is 5.54. The summed E-state index contributed by atoms with van der Waals surface area (Å²) in [5.41, 5.74) is 3.34. The van der Waals surface area contributed by atoms with Crippen molar-refractivity contribution < 1.29 is 18.4 Å². The molecule has 0 aliphatic carbocycles. The van der Waals surface area contributed by atoms with Gasteiger partial charge in [0.15, 0.2) is 18.2 Å². The average Bonchev–Trinajstić information content (AvgIpc) is 2.94. The van der Waals surface area contributed by atoms with E-state index in [1.165, 1.54) is 12.1 Å². The first-order chi connectivity index (χ1) is 12.0. The third kappa shape index (κ3) is 3.85. The first-order valence-corrected chi connectivity index (χ1v) is 7.75. The van der Waals surface area contributed by atoms with Crippen LogP contribution in [0.3, 0.4) is 0 Å². The first kappa shape index (κ1) is 16.7. The van der Waals surface area contributed by atoms with Gasteiger partial charge in [-0.1, -0.05) is 29.4 Å². The van der Waals surface area contributed by atoms with Crippen molar-refractivity contribution >= 4 is 11.6 Å². The Morgan fingerprint density at radius 1 is 1.16 bits per heavy atom. The van der Waals surface area contributed by atoms with Gasteiger partial charge in [0, 0.05) is 11.3 Å². The third-order valence-corrected chi connectivity index (χ3v) is 3.69. The highest BCUT2D eigenvalue weighted by Gasteiger charge is 2.12. The van der Waals surface area contributed by atoms with E-state index in [9.17, 15) is 9.18 Å².